The molecular weight excluding hydrogens is 376 g/mol. The maximum absolute atomic E-state index is 12.5. The standard InChI is InChI=1S/C19H14N6O2S/c1-11(18(26)24-12-4-6-23-7-5-12)28-19-14(10-21)16(15-3-2-8-27-15)13(9-20)17(22)25-19/h2-8,11H,1H3,(H2,22,25)(H,23,24,26). The molecule has 28 heavy (non-hydrogen) atoms. The molecule has 0 aliphatic carbocycles. The molecule has 3 N–H and O–H groups in total. The van der Waals surface area contributed by atoms with Gasteiger partial charge in [0, 0.05) is 18.1 Å². The van der Waals surface area contributed by atoms with Crippen molar-refractivity contribution in [1.29, 1.82) is 10.5 Å². The Hall–Kier alpha value is -3.82. The number of hydrogen-bond acceptors (Lipinski definition) is 8. The molecule has 1 amide bonds. The Morgan fingerprint density at radius 1 is 1.25 bits per heavy atom. The molecule has 0 aliphatic heterocycles. The first kappa shape index (κ1) is 19.0. The van der Waals surface area contributed by atoms with E-state index >= 15 is 0 Å². The molecule has 1 unspecified atom stereocenters. The minimum atomic E-state index is -0.579. The van der Waals surface area contributed by atoms with Gasteiger partial charge in [-0.05, 0) is 31.2 Å². The molecule has 0 fully saturated rings. The minimum Gasteiger partial charge on any atom is -0.464 e. The van der Waals surface area contributed by atoms with E-state index in [-0.39, 0.29) is 33.4 Å². The quantitative estimate of drug-likeness (QED) is 0.633. The van der Waals surface area contributed by atoms with Crippen molar-refractivity contribution in [2.75, 3.05) is 11.1 Å². The van der Waals surface area contributed by atoms with Crippen LogP contribution in [0.15, 0.2) is 52.4 Å². The van der Waals surface area contributed by atoms with Crippen LogP contribution in [-0.4, -0.2) is 21.1 Å². The summed E-state index contributed by atoms with van der Waals surface area (Å²) in [4.78, 5) is 20.5. The molecule has 3 aromatic rings. The summed E-state index contributed by atoms with van der Waals surface area (Å²) in [6, 6.07) is 10.6. The van der Waals surface area contributed by atoms with Crippen molar-refractivity contribution in [2.24, 2.45) is 0 Å². The Morgan fingerprint density at radius 2 is 1.96 bits per heavy atom. The molecule has 1 atom stereocenters. The van der Waals surface area contributed by atoms with E-state index in [0.717, 1.165) is 11.8 Å². The van der Waals surface area contributed by atoms with Crippen LogP contribution in [0.4, 0.5) is 11.5 Å². The summed E-state index contributed by atoms with van der Waals surface area (Å²) >= 11 is 1.07. The Balaban J connectivity index is 1.95. The van der Waals surface area contributed by atoms with Crippen LogP contribution in [0.1, 0.15) is 18.1 Å². The number of rotatable bonds is 5. The van der Waals surface area contributed by atoms with Crippen molar-refractivity contribution in [3.05, 3.63) is 54.0 Å². The first-order valence-corrected chi connectivity index (χ1v) is 8.98. The highest BCUT2D eigenvalue weighted by molar-refractivity contribution is 8.00. The number of pyridine rings is 2. The third-order valence-electron chi connectivity index (χ3n) is 3.79. The number of furan rings is 1. The molecule has 8 nitrogen and oxygen atoms in total. The summed E-state index contributed by atoms with van der Waals surface area (Å²) in [5.74, 6) is 0.0273. The lowest BCUT2D eigenvalue weighted by Gasteiger charge is -2.15. The second-order valence-electron chi connectivity index (χ2n) is 5.61. The number of hydrogen-bond donors (Lipinski definition) is 2. The van der Waals surface area contributed by atoms with Gasteiger partial charge in [0.15, 0.2) is 0 Å². The number of nitrogens with zero attached hydrogens (tertiary/aromatic N) is 4. The number of amides is 1. The summed E-state index contributed by atoms with van der Waals surface area (Å²) in [5, 5.41) is 21.6. The Labute approximate surface area is 165 Å². The molecular formula is C19H14N6O2S. The molecule has 0 aromatic carbocycles. The van der Waals surface area contributed by atoms with E-state index in [1.165, 1.54) is 6.26 Å². The van der Waals surface area contributed by atoms with Gasteiger partial charge in [-0.1, -0.05) is 11.8 Å². The normalized spacial score (nSPS) is 11.2. The van der Waals surface area contributed by atoms with E-state index < -0.39 is 5.25 Å². The second kappa shape index (κ2) is 8.25. The van der Waals surface area contributed by atoms with Crippen LogP contribution in [0.2, 0.25) is 0 Å². The zero-order chi connectivity index (χ0) is 20.1. The first-order chi connectivity index (χ1) is 13.5. The van der Waals surface area contributed by atoms with Crippen LogP contribution in [0.25, 0.3) is 11.3 Å². The van der Waals surface area contributed by atoms with Gasteiger partial charge in [-0.3, -0.25) is 9.78 Å². The summed E-state index contributed by atoms with van der Waals surface area (Å²) < 4.78 is 5.37. The maximum Gasteiger partial charge on any atom is 0.237 e. The highest BCUT2D eigenvalue weighted by Gasteiger charge is 2.25. The van der Waals surface area contributed by atoms with Gasteiger partial charge < -0.3 is 15.5 Å². The Morgan fingerprint density at radius 3 is 2.57 bits per heavy atom. The molecule has 0 spiro atoms. The van der Waals surface area contributed by atoms with Crippen molar-refractivity contribution in [2.45, 2.75) is 17.2 Å². The lowest BCUT2D eigenvalue weighted by atomic mass is 10.0. The van der Waals surface area contributed by atoms with Crippen LogP contribution in [0.5, 0.6) is 0 Å². The molecule has 0 bridgehead atoms. The van der Waals surface area contributed by atoms with Crippen molar-refractivity contribution >= 4 is 29.2 Å². The maximum atomic E-state index is 12.5. The molecule has 0 saturated heterocycles. The average molecular weight is 390 g/mol. The van der Waals surface area contributed by atoms with Gasteiger partial charge in [-0.15, -0.1) is 0 Å². The molecule has 3 heterocycles. The Kier molecular flexibility index (Phi) is 5.58. The highest BCUT2D eigenvalue weighted by Crippen LogP contribution is 2.37. The fourth-order valence-corrected chi connectivity index (χ4v) is 3.37. The van der Waals surface area contributed by atoms with E-state index in [1.807, 2.05) is 6.07 Å². The number of aromatic nitrogens is 2. The van der Waals surface area contributed by atoms with Gasteiger partial charge >= 0.3 is 0 Å². The lowest BCUT2D eigenvalue weighted by molar-refractivity contribution is -0.115. The number of nitrogen functional groups attached to an aromatic ring is 1. The van der Waals surface area contributed by atoms with Crippen molar-refractivity contribution < 1.29 is 9.21 Å². The average Bonchev–Trinajstić information content (AvgIpc) is 3.22. The van der Waals surface area contributed by atoms with E-state index in [2.05, 4.69) is 21.4 Å². The topological polar surface area (TPSA) is 142 Å². The predicted octanol–water partition coefficient (Wildman–Crippen LogP) is 3.18. The van der Waals surface area contributed by atoms with Crippen LogP contribution in [0.3, 0.4) is 0 Å². The molecule has 0 aliphatic rings. The number of anilines is 2. The largest absolute Gasteiger partial charge is 0.464 e. The van der Waals surface area contributed by atoms with Gasteiger partial charge in [0.05, 0.1) is 22.6 Å². The van der Waals surface area contributed by atoms with Crippen molar-refractivity contribution in [3.63, 3.8) is 0 Å². The predicted molar refractivity (Wildman–Crippen MR) is 104 cm³/mol. The number of nitriles is 2. The van der Waals surface area contributed by atoms with E-state index in [1.54, 1.807) is 43.6 Å². The Bertz CT molecular complexity index is 1080. The van der Waals surface area contributed by atoms with Gasteiger partial charge in [0.2, 0.25) is 5.91 Å². The van der Waals surface area contributed by atoms with Gasteiger partial charge in [0.1, 0.15) is 34.3 Å². The van der Waals surface area contributed by atoms with Crippen molar-refractivity contribution in [3.8, 4) is 23.5 Å². The number of thioether (sulfide) groups is 1. The molecule has 0 saturated carbocycles. The second-order valence-corrected chi connectivity index (χ2v) is 6.94. The molecule has 3 rings (SSSR count). The lowest BCUT2D eigenvalue weighted by Crippen LogP contribution is -2.22. The summed E-state index contributed by atoms with van der Waals surface area (Å²) in [6.45, 7) is 1.69. The van der Waals surface area contributed by atoms with Gasteiger partial charge in [-0.2, -0.15) is 10.5 Å². The third-order valence-corrected chi connectivity index (χ3v) is 4.87. The summed E-state index contributed by atoms with van der Waals surface area (Å²) in [6.07, 6.45) is 4.57. The zero-order valence-corrected chi connectivity index (χ0v) is 15.5. The van der Waals surface area contributed by atoms with Crippen LogP contribution < -0.4 is 11.1 Å². The van der Waals surface area contributed by atoms with Gasteiger partial charge in [-0.25, -0.2) is 4.98 Å². The number of carbonyl (C=O) groups is 1. The monoisotopic (exact) mass is 390 g/mol. The number of nitrogens with two attached hydrogens (primary N) is 1. The van der Waals surface area contributed by atoms with Crippen LogP contribution in [0, 0.1) is 22.7 Å². The molecule has 3 aromatic heterocycles. The minimum absolute atomic E-state index is 0.0304. The molecule has 138 valence electrons. The SMILES string of the molecule is CC(Sc1nc(N)c(C#N)c(-c2ccco2)c1C#N)C(=O)Nc1ccncc1. The highest BCUT2D eigenvalue weighted by atomic mass is 32.2. The molecule has 9 heteroatoms. The van der Waals surface area contributed by atoms with E-state index in [0.29, 0.717) is 11.4 Å². The number of nitrogens with one attached hydrogen (secondary N) is 1. The number of carbonyl (C=O) groups excluding carboxylic acids is 1. The zero-order valence-electron chi connectivity index (χ0n) is 14.7. The summed E-state index contributed by atoms with van der Waals surface area (Å²) in [7, 11) is 0. The van der Waals surface area contributed by atoms with Crippen molar-refractivity contribution in [1.82, 2.24) is 9.97 Å². The summed E-state index contributed by atoms with van der Waals surface area (Å²) in [5.41, 5.74) is 7.00. The van der Waals surface area contributed by atoms with Crippen LogP contribution in [-0.2, 0) is 4.79 Å². The van der Waals surface area contributed by atoms with Crippen LogP contribution >= 0.6 is 11.8 Å². The fourth-order valence-electron chi connectivity index (χ4n) is 2.45. The molecule has 0 radical (unpaired) electrons. The van der Waals surface area contributed by atoms with Gasteiger partial charge in [0.25, 0.3) is 0 Å². The smallest absolute Gasteiger partial charge is 0.237 e. The first-order valence-electron chi connectivity index (χ1n) is 8.10. The fraction of sp³-hybridized carbons (Fsp3) is 0.105. The van der Waals surface area contributed by atoms with E-state index in [9.17, 15) is 15.3 Å². The third kappa shape index (κ3) is 3.80. The van der Waals surface area contributed by atoms with E-state index in [4.69, 9.17) is 10.2 Å².